The van der Waals surface area contributed by atoms with Gasteiger partial charge in [0.15, 0.2) is 0 Å². The maximum absolute atomic E-state index is 11.4. The topological polar surface area (TPSA) is 21.6 Å². The summed E-state index contributed by atoms with van der Waals surface area (Å²) in [6.45, 7) is 0. The molecule has 1 heterocycles. The van der Waals surface area contributed by atoms with E-state index in [9.17, 15) is 13.2 Å². The number of hydrogen-bond donors (Lipinski definition) is 0. The lowest BCUT2D eigenvalue weighted by Crippen LogP contribution is -2.18. The molecule has 0 aromatic rings. The fourth-order valence-corrected chi connectivity index (χ4v) is 0.853. The lowest BCUT2D eigenvalue weighted by atomic mass is 10.5. The van der Waals surface area contributed by atoms with Crippen LogP contribution in [0.4, 0.5) is 13.2 Å². The first-order valence-corrected chi connectivity index (χ1v) is 3.22. The summed E-state index contributed by atoms with van der Waals surface area (Å²) in [5, 5.41) is 0. The standard InChI is InChI=1S/C4H2F3NOS/c5-4(6,7)9-3-1-2-10-8-3/h2H2. The molecule has 1 aliphatic rings. The Morgan fingerprint density at radius 1 is 1.60 bits per heavy atom. The van der Waals surface area contributed by atoms with Gasteiger partial charge in [0.05, 0.1) is 6.42 Å². The van der Waals surface area contributed by atoms with Gasteiger partial charge in [-0.3, -0.25) is 0 Å². The lowest BCUT2D eigenvalue weighted by molar-refractivity contribution is -0.283. The van der Waals surface area contributed by atoms with E-state index in [-0.39, 0.29) is 0 Å². The van der Waals surface area contributed by atoms with Gasteiger partial charge in [0.2, 0.25) is 5.90 Å². The Hall–Kier alpha value is -0.390. The molecule has 56 valence electrons. The summed E-state index contributed by atoms with van der Waals surface area (Å²) in [5.41, 5.74) is 0. The number of alkyl halides is 3. The van der Waals surface area contributed by atoms with Gasteiger partial charge in [-0.2, -0.15) is 4.40 Å². The van der Waals surface area contributed by atoms with Gasteiger partial charge in [0.25, 0.3) is 0 Å². The molecule has 0 atom stereocenters. The van der Waals surface area contributed by atoms with Gasteiger partial charge >= 0.3 is 6.36 Å². The fourth-order valence-electron chi connectivity index (χ4n) is 0.382. The van der Waals surface area contributed by atoms with Gasteiger partial charge in [0, 0.05) is 5.75 Å². The Balaban J connectivity index is 2.38. The maximum atomic E-state index is 11.4. The lowest BCUT2D eigenvalue weighted by Gasteiger charge is -2.05. The SMILES string of the molecule is FC(F)(F)OC1=NSC[C]1. The van der Waals surface area contributed by atoms with Gasteiger partial charge in [-0.25, -0.2) is 0 Å². The van der Waals surface area contributed by atoms with Crippen molar-refractivity contribution in [3.8, 4) is 0 Å². The van der Waals surface area contributed by atoms with Gasteiger partial charge < -0.3 is 4.74 Å². The predicted octanol–water partition coefficient (Wildman–Crippen LogP) is 1.66. The molecule has 0 aliphatic carbocycles. The van der Waals surface area contributed by atoms with Gasteiger partial charge in [-0.05, 0) is 11.9 Å². The van der Waals surface area contributed by atoms with E-state index < -0.39 is 12.3 Å². The van der Waals surface area contributed by atoms with Crippen LogP contribution in [0, 0.1) is 6.42 Å². The number of ether oxygens (including phenoxy) is 1. The molecule has 0 bridgehead atoms. The Bertz CT molecular complexity index is 155. The molecule has 1 rings (SSSR count). The van der Waals surface area contributed by atoms with Crippen LogP contribution in [0.15, 0.2) is 4.40 Å². The van der Waals surface area contributed by atoms with Crippen molar-refractivity contribution >= 4 is 17.8 Å². The molecule has 0 saturated heterocycles. The van der Waals surface area contributed by atoms with Crippen LogP contribution in [-0.2, 0) is 4.74 Å². The zero-order valence-corrected chi connectivity index (χ0v) is 5.42. The minimum absolute atomic E-state index is 0.325. The highest BCUT2D eigenvalue weighted by Gasteiger charge is 2.33. The molecule has 2 radical (unpaired) electrons. The van der Waals surface area contributed by atoms with Crippen molar-refractivity contribution in [1.82, 2.24) is 0 Å². The Morgan fingerprint density at radius 3 is 2.70 bits per heavy atom. The largest absolute Gasteiger partial charge is 0.574 e. The molecule has 0 fully saturated rings. The van der Waals surface area contributed by atoms with E-state index in [4.69, 9.17) is 0 Å². The third kappa shape index (κ3) is 2.47. The predicted molar refractivity (Wildman–Crippen MR) is 30.3 cm³/mol. The molecule has 10 heavy (non-hydrogen) atoms. The quantitative estimate of drug-likeness (QED) is 0.514. The molecular formula is C4H2F3NOS. The van der Waals surface area contributed by atoms with Crippen LogP contribution < -0.4 is 0 Å². The minimum atomic E-state index is -4.64. The second-order valence-corrected chi connectivity index (χ2v) is 2.12. The van der Waals surface area contributed by atoms with E-state index in [0.717, 1.165) is 11.9 Å². The molecule has 0 unspecified atom stereocenters. The van der Waals surface area contributed by atoms with E-state index in [1.807, 2.05) is 0 Å². The molecule has 0 aromatic heterocycles. The summed E-state index contributed by atoms with van der Waals surface area (Å²) in [5.74, 6) is -0.150. The molecule has 0 saturated carbocycles. The van der Waals surface area contributed by atoms with Crippen LogP contribution in [0.5, 0.6) is 0 Å². The highest BCUT2D eigenvalue weighted by atomic mass is 32.2. The number of hydrogen-bond acceptors (Lipinski definition) is 3. The third-order valence-corrected chi connectivity index (χ3v) is 1.22. The average Bonchev–Trinajstić information content (AvgIpc) is 2.12. The van der Waals surface area contributed by atoms with E-state index in [1.54, 1.807) is 0 Å². The molecule has 1 aliphatic heterocycles. The van der Waals surface area contributed by atoms with Crippen molar-refractivity contribution < 1.29 is 17.9 Å². The second-order valence-electron chi connectivity index (χ2n) is 1.39. The molecule has 0 aromatic carbocycles. The third-order valence-electron chi connectivity index (χ3n) is 0.648. The van der Waals surface area contributed by atoms with E-state index >= 15 is 0 Å². The number of nitrogens with zero attached hydrogens (tertiary/aromatic N) is 1. The van der Waals surface area contributed by atoms with Gasteiger partial charge in [-0.1, -0.05) is 0 Å². The smallest absolute Gasteiger partial charge is 0.391 e. The minimum Gasteiger partial charge on any atom is -0.391 e. The Labute approximate surface area is 59.6 Å². The summed E-state index contributed by atoms with van der Waals surface area (Å²) in [4.78, 5) is 0. The van der Waals surface area contributed by atoms with Crippen molar-refractivity contribution in [2.75, 3.05) is 5.75 Å². The van der Waals surface area contributed by atoms with Crippen LogP contribution >= 0.6 is 11.9 Å². The second kappa shape index (κ2) is 2.69. The van der Waals surface area contributed by atoms with E-state index in [0.29, 0.717) is 5.75 Å². The molecule has 2 nitrogen and oxygen atoms in total. The van der Waals surface area contributed by atoms with Crippen molar-refractivity contribution in [1.29, 1.82) is 0 Å². The molecular weight excluding hydrogens is 167 g/mol. The summed E-state index contributed by atoms with van der Waals surface area (Å²) in [6, 6.07) is 0. The number of rotatable bonds is 0. The van der Waals surface area contributed by atoms with E-state index in [2.05, 4.69) is 15.6 Å². The molecule has 6 heteroatoms. The highest BCUT2D eigenvalue weighted by molar-refractivity contribution is 7.98. The van der Waals surface area contributed by atoms with E-state index in [1.165, 1.54) is 0 Å². The van der Waals surface area contributed by atoms with Gasteiger partial charge in [0.1, 0.15) is 0 Å². The first-order chi connectivity index (χ1) is 4.58. The monoisotopic (exact) mass is 169 g/mol. The fraction of sp³-hybridized carbons (Fsp3) is 0.500. The van der Waals surface area contributed by atoms with Crippen molar-refractivity contribution in [3.63, 3.8) is 0 Å². The number of halogens is 3. The first kappa shape index (κ1) is 7.71. The zero-order valence-electron chi connectivity index (χ0n) is 4.60. The summed E-state index contributed by atoms with van der Waals surface area (Å²) in [6.07, 6.45) is -2.36. The average molecular weight is 169 g/mol. The first-order valence-electron chi connectivity index (χ1n) is 2.27. The summed E-state index contributed by atoms with van der Waals surface area (Å²) >= 11 is 0.975. The van der Waals surface area contributed by atoms with Gasteiger partial charge in [-0.15, -0.1) is 13.2 Å². The molecule has 0 amide bonds. The normalized spacial score (nSPS) is 18.9. The van der Waals surface area contributed by atoms with Crippen molar-refractivity contribution in [2.45, 2.75) is 6.36 Å². The van der Waals surface area contributed by atoms with Crippen molar-refractivity contribution in [2.24, 2.45) is 4.40 Å². The van der Waals surface area contributed by atoms with Crippen LogP contribution in [0.1, 0.15) is 0 Å². The van der Waals surface area contributed by atoms with Crippen LogP contribution in [-0.4, -0.2) is 18.0 Å². The van der Waals surface area contributed by atoms with Crippen molar-refractivity contribution in [3.05, 3.63) is 6.42 Å². The Morgan fingerprint density at radius 2 is 2.30 bits per heavy atom. The summed E-state index contributed by atoms with van der Waals surface area (Å²) < 4.78 is 40.8. The highest BCUT2D eigenvalue weighted by Crippen LogP contribution is 2.22. The molecule has 0 spiro atoms. The maximum Gasteiger partial charge on any atom is 0.574 e. The van der Waals surface area contributed by atoms with Crippen LogP contribution in [0.2, 0.25) is 0 Å². The van der Waals surface area contributed by atoms with Crippen LogP contribution in [0.3, 0.4) is 0 Å². The Kier molecular flexibility index (Phi) is 2.08. The molecule has 0 N–H and O–H groups in total. The zero-order chi connectivity index (χ0) is 7.61. The summed E-state index contributed by atoms with van der Waals surface area (Å²) in [7, 11) is 0. The van der Waals surface area contributed by atoms with Crippen LogP contribution in [0.25, 0.3) is 0 Å².